The van der Waals surface area contributed by atoms with Gasteiger partial charge in [0.05, 0.1) is 12.8 Å². The Morgan fingerprint density at radius 2 is 1.68 bits per heavy atom. The molecule has 6 heteroatoms. The molecule has 0 fully saturated rings. The van der Waals surface area contributed by atoms with E-state index in [0.717, 1.165) is 6.07 Å². The SMILES string of the molecule is COc1cc(Oc2cc(Br)ccc2F)c(F)cc1N. The molecular formula is C13H10BrF2NO2. The smallest absolute Gasteiger partial charge is 0.168 e. The van der Waals surface area contributed by atoms with Crippen LogP contribution in [0.25, 0.3) is 0 Å². The fourth-order valence-electron chi connectivity index (χ4n) is 1.48. The van der Waals surface area contributed by atoms with Gasteiger partial charge in [-0.3, -0.25) is 0 Å². The Morgan fingerprint density at radius 1 is 1.00 bits per heavy atom. The molecule has 0 atom stereocenters. The molecule has 0 bridgehead atoms. The van der Waals surface area contributed by atoms with E-state index in [4.69, 9.17) is 15.2 Å². The average molecular weight is 330 g/mol. The van der Waals surface area contributed by atoms with E-state index in [9.17, 15) is 8.78 Å². The number of hydrogen-bond acceptors (Lipinski definition) is 3. The van der Waals surface area contributed by atoms with Crippen molar-refractivity contribution in [3.05, 3.63) is 46.4 Å². The first-order chi connectivity index (χ1) is 9.01. The van der Waals surface area contributed by atoms with Crippen molar-refractivity contribution in [2.75, 3.05) is 12.8 Å². The second-order valence-corrected chi connectivity index (χ2v) is 4.62. The van der Waals surface area contributed by atoms with Gasteiger partial charge in [-0.05, 0) is 18.2 Å². The third kappa shape index (κ3) is 2.96. The molecule has 2 N–H and O–H groups in total. The number of benzene rings is 2. The first-order valence-electron chi connectivity index (χ1n) is 5.27. The highest BCUT2D eigenvalue weighted by Crippen LogP contribution is 2.34. The van der Waals surface area contributed by atoms with Crippen molar-refractivity contribution < 1.29 is 18.3 Å². The summed E-state index contributed by atoms with van der Waals surface area (Å²) in [4.78, 5) is 0. The van der Waals surface area contributed by atoms with Gasteiger partial charge in [-0.2, -0.15) is 0 Å². The van der Waals surface area contributed by atoms with Gasteiger partial charge in [0.15, 0.2) is 23.1 Å². The number of methoxy groups -OCH3 is 1. The van der Waals surface area contributed by atoms with Crippen molar-refractivity contribution in [1.82, 2.24) is 0 Å². The van der Waals surface area contributed by atoms with Crippen molar-refractivity contribution >= 4 is 21.6 Å². The molecule has 19 heavy (non-hydrogen) atoms. The molecule has 0 aliphatic rings. The van der Waals surface area contributed by atoms with Crippen LogP contribution in [0.2, 0.25) is 0 Å². The first kappa shape index (κ1) is 13.6. The molecule has 3 nitrogen and oxygen atoms in total. The molecule has 0 saturated heterocycles. The number of halogens is 3. The molecule has 0 amide bonds. The molecule has 0 aliphatic carbocycles. The van der Waals surface area contributed by atoms with Crippen LogP contribution in [0.15, 0.2) is 34.8 Å². The summed E-state index contributed by atoms with van der Waals surface area (Å²) in [7, 11) is 1.40. The average Bonchev–Trinajstić information content (AvgIpc) is 2.37. The van der Waals surface area contributed by atoms with Crippen LogP contribution in [0.4, 0.5) is 14.5 Å². The Bertz CT molecular complexity index is 620. The first-order valence-corrected chi connectivity index (χ1v) is 6.06. The summed E-state index contributed by atoms with van der Waals surface area (Å²) in [6.45, 7) is 0. The summed E-state index contributed by atoms with van der Waals surface area (Å²) < 4.78 is 38.0. The van der Waals surface area contributed by atoms with Crippen LogP contribution in [0.3, 0.4) is 0 Å². The highest BCUT2D eigenvalue weighted by atomic mass is 79.9. The topological polar surface area (TPSA) is 44.5 Å². The van der Waals surface area contributed by atoms with Gasteiger partial charge in [-0.1, -0.05) is 15.9 Å². The number of hydrogen-bond donors (Lipinski definition) is 1. The third-order valence-electron chi connectivity index (χ3n) is 2.40. The Balaban J connectivity index is 2.40. The maximum absolute atomic E-state index is 13.7. The Hall–Kier alpha value is -1.82. The lowest BCUT2D eigenvalue weighted by Crippen LogP contribution is -1.97. The Labute approximate surface area is 117 Å². The monoisotopic (exact) mass is 329 g/mol. The number of ether oxygens (including phenoxy) is 2. The van der Waals surface area contributed by atoms with Crippen molar-refractivity contribution in [3.63, 3.8) is 0 Å². The van der Waals surface area contributed by atoms with Crippen LogP contribution < -0.4 is 15.2 Å². The van der Waals surface area contributed by atoms with Gasteiger partial charge < -0.3 is 15.2 Å². The van der Waals surface area contributed by atoms with E-state index < -0.39 is 11.6 Å². The van der Waals surface area contributed by atoms with Crippen LogP contribution >= 0.6 is 15.9 Å². The standard InChI is InChI=1S/C13H10BrF2NO2/c1-18-13-6-12(9(16)5-10(13)17)19-11-4-7(14)2-3-8(11)15/h2-6H,17H2,1H3. The van der Waals surface area contributed by atoms with Crippen LogP contribution in [0.1, 0.15) is 0 Å². The fraction of sp³-hybridized carbons (Fsp3) is 0.0769. The summed E-state index contributed by atoms with van der Waals surface area (Å²) >= 11 is 3.18. The van der Waals surface area contributed by atoms with E-state index in [1.165, 1.54) is 31.4 Å². The summed E-state index contributed by atoms with van der Waals surface area (Å²) in [5.41, 5.74) is 5.69. The van der Waals surface area contributed by atoms with Crippen LogP contribution in [-0.2, 0) is 0 Å². The summed E-state index contributed by atoms with van der Waals surface area (Å²) in [5.74, 6) is -1.30. The molecule has 0 radical (unpaired) electrons. The van der Waals surface area contributed by atoms with E-state index in [2.05, 4.69) is 15.9 Å². The maximum Gasteiger partial charge on any atom is 0.168 e. The fourth-order valence-corrected chi connectivity index (χ4v) is 1.82. The van der Waals surface area contributed by atoms with E-state index in [1.54, 1.807) is 0 Å². The van der Waals surface area contributed by atoms with E-state index in [-0.39, 0.29) is 22.9 Å². The minimum Gasteiger partial charge on any atom is -0.494 e. The molecule has 0 heterocycles. The van der Waals surface area contributed by atoms with Gasteiger partial charge in [0.25, 0.3) is 0 Å². The minimum atomic E-state index is -0.697. The zero-order valence-corrected chi connectivity index (χ0v) is 11.5. The van der Waals surface area contributed by atoms with Gasteiger partial charge in [0.1, 0.15) is 5.75 Å². The maximum atomic E-state index is 13.7. The predicted octanol–water partition coefficient (Wildman–Crippen LogP) is 4.11. The molecule has 0 spiro atoms. The lowest BCUT2D eigenvalue weighted by Gasteiger charge is -2.11. The Morgan fingerprint density at radius 3 is 2.37 bits per heavy atom. The van der Waals surface area contributed by atoms with E-state index in [1.807, 2.05) is 0 Å². The number of anilines is 1. The molecule has 0 saturated carbocycles. The number of nitrogens with two attached hydrogens (primary N) is 1. The highest BCUT2D eigenvalue weighted by molar-refractivity contribution is 9.10. The Kier molecular flexibility index (Phi) is 3.90. The summed E-state index contributed by atoms with van der Waals surface area (Å²) in [6, 6.07) is 6.46. The zero-order valence-electron chi connectivity index (χ0n) is 9.91. The molecule has 100 valence electrons. The lowest BCUT2D eigenvalue weighted by molar-refractivity contribution is 0.394. The molecule has 2 rings (SSSR count). The summed E-state index contributed by atoms with van der Waals surface area (Å²) in [6.07, 6.45) is 0. The predicted molar refractivity (Wildman–Crippen MR) is 71.5 cm³/mol. The second-order valence-electron chi connectivity index (χ2n) is 3.70. The van der Waals surface area contributed by atoms with Gasteiger partial charge in [-0.25, -0.2) is 8.78 Å². The molecule has 0 aromatic heterocycles. The minimum absolute atomic E-state index is 0.0971. The summed E-state index contributed by atoms with van der Waals surface area (Å²) in [5, 5.41) is 0. The second kappa shape index (κ2) is 5.44. The molecule has 0 unspecified atom stereocenters. The van der Waals surface area contributed by atoms with E-state index in [0.29, 0.717) is 4.47 Å². The van der Waals surface area contributed by atoms with Gasteiger partial charge in [0.2, 0.25) is 0 Å². The lowest BCUT2D eigenvalue weighted by atomic mass is 10.2. The molecule has 2 aromatic rings. The molecule has 2 aromatic carbocycles. The van der Waals surface area contributed by atoms with Crippen molar-refractivity contribution in [3.8, 4) is 17.2 Å². The van der Waals surface area contributed by atoms with Gasteiger partial charge >= 0.3 is 0 Å². The zero-order chi connectivity index (χ0) is 14.0. The van der Waals surface area contributed by atoms with Crippen molar-refractivity contribution in [2.24, 2.45) is 0 Å². The van der Waals surface area contributed by atoms with E-state index >= 15 is 0 Å². The van der Waals surface area contributed by atoms with Gasteiger partial charge in [-0.15, -0.1) is 0 Å². The largest absolute Gasteiger partial charge is 0.494 e. The number of nitrogen functional groups attached to an aromatic ring is 1. The van der Waals surface area contributed by atoms with Crippen molar-refractivity contribution in [1.29, 1.82) is 0 Å². The quantitative estimate of drug-likeness (QED) is 0.862. The number of rotatable bonds is 3. The van der Waals surface area contributed by atoms with Crippen LogP contribution in [0, 0.1) is 11.6 Å². The molecular weight excluding hydrogens is 320 g/mol. The van der Waals surface area contributed by atoms with Crippen molar-refractivity contribution in [2.45, 2.75) is 0 Å². The van der Waals surface area contributed by atoms with Gasteiger partial charge in [0, 0.05) is 16.6 Å². The van der Waals surface area contributed by atoms with Crippen LogP contribution in [-0.4, -0.2) is 7.11 Å². The normalized spacial score (nSPS) is 10.3. The third-order valence-corrected chi connectivity index (χ3v) is 2.89. The van der Waals surface area contributed by atoms with Crippen LogP contribution in [0.5, 0.6) is 17.2 Å². The molecule has 0 aliphatic heterocycles. The highest BCUT2D eigenvalue weighted by Gasteiger charge is 2.13.